The summed E-state index contributed by atoms with van der Waals surface area (Å²) in [6.07, 6.45) is 1.26. The maximum atomic E-state index is 5.94. The lowest BCUT2D eigenvalue weighted by Crippen LogP contribution is -2.24. The van der Waals surface area contributed by atoms with Gasteiger partial charge in [0.15, 0.2) is 0 Å². The molecule has 0 aliphatic carbocycles. The van der Waals surface area contributed by atoms with E-state index < -0.39 is 0 Å². The highest BCUT2D eigenvalue weighted by molar-refractivity contribution is 7.07. The molecule has 0 saturated heterocycles. The van der Waals surface area contributed by atoms with E-state index in [4.69, 9.17) is 4.74 Å². The van der Waals surface area contributed by atoms with E-state index in [1.807, 2.05) is 31.5 Å². The Bertz CT molecular complexity index is 511. The van der Waals surface area contributed by atoms with Gasteiger partial charge in [0.1, 0.15) is 5.75 Å². The number of hydrogen-bond acceptors (Lipinski definition) is 4. The summed E-state index contributed by atoms with van der Waals surface area (Å²) >= 11 is 1.62. The first-order valence-corrected chi connectivity index (χ1v) is 8.03. The lowest BCUT2D eigenvalue weighted by Gasteiger charge is -2.21. The van der Waals surface area contributed by atoms with Crippen LogP contribution in [-0.4, -0.2) is 17.6 Å². The molecule has 1 N–H and O–H groups in total. The smallest absolute Gasteiger partial charge is 0.124 e. The third-order valence-corrected chi connectivity index (χ3v) is 3.54. The first-order chi connectivity index (χ1) is 9.72. The average molecular weight is 290 g/mol. The van der Waals surface area contributed by atoms with Gasteiger partial charge in [-0.3, -0.25) is 0 Å². The molecule has 0 saturated carbocycles. The van der Waals surface area contributed by atoms with Crippen LogP contribution in [0.1, 0.15) is 44.5 Å². The molecule has 1 aromatic carbocycles. The van der Waals surface area contributed by atoms with Gasteiger partial charge in [-0.05, 0) is 32.9 Å². The zero-order valence-corrected chi connectivity index (χ0v) is 13.1. The Morgan fingerprint density at radius 1 is 1.30 bits per heavy atom. The predicted octanol–water partition coefficient (Wildman–Crippen LogP) is 4.02. The first-order valence-electron chi connectivity index (χ1n) is 7.09. The highest BCUT2D eigenvalue weighted by atomic mass is 32.1. The van der Waals surface area contributed by atoms with E-state index in [0.29, 0.717) is 0 Å². The SMILES string of the molecule is CCCNC(c1cscn1)c1ccccc1OC(C)C. The van der Waals surface area contributed by atoms with Crippen LogP contribution >= 0.6 is 11.3 Å². The third kappa shape index (κ3) is 3.81. The zero-order valence-electron chi connectivity index (χ0n) is 12.3. The molecule has 0 spiro atoms. The maximum Gasteiger partial charge on any atom is 0.124 e. The summed E-state index contributed by atoms with van der Waals surface area (Å²) in [6, 6.07) is 8.30. The van der Waals surface area contributed by atoms with Crippen LogP contribution in [0, 0.1) is 0 Å². The van der Waals surface area contributed by atoms with Crippen LogP contribution in [0.2, 0.25) is 0 Å². The molecule has 0 amide bonds. The number of ether oxygens (including phenoxy) is 1. The average Bonchev–Trinajstić information content (AvgIpc) is 2.94. The lowest BCUT2D eigenvalue weighted by atomic mass is 10.0. The van der Waals surface area contributed by atoms with Crippen molar-refractivity contribution in [2.75, 3.05) is 6.54 Å². The van der Waals surface area contributed by atoms with Gasteiger partial charge in [0, 0.05) is 10.9 Å². The fraction of sp³-hybridized carbons (Fsp3) is 0.438. The zero-order chi connectivity index (χ0) is 14.4. The molecule has 20 heavy (non-hydrogen) atoms. The molecule has 0 fully saturated rings. The van der Waals surface area contributed by atoms with Gasteiger partial charge in [0.2, 0.25) is 0 Å². The molecule has 108 valence electrons. The summed E-state index contributed by atoms with van der Waals surface area (Å²) < 4.78 is 5.94. The molecule has 2 rings (SSSR count). The number of para-hydroxylation sites is 1. The van der Waals surface area contributed by atoms with Gasteiger partial charge in [-0.15, -0.1) is 11.3 Å². The fourth-order valence-corrected chi connectivity index (χ4v) is 2.69. The number of aromatic nitrogens is 1. The van der Waals surface area contributed by atoms with Crippen molar-refractivity contribution < 1.29 is 4.74 Å². The van der Waals surface area contributed by atoms with Crippen LogP contribution in [0.15, 0.2) is 35.2 Å². The molecule has 0 bridgehead atoms. The van der Waals surface area contributed by atoms with Crippen molar-refractivity contribution in [1.82, 2.24) is 10.3 Å². The molecule has 0 radical (unpaired) electrons. The standard InChI is InChI=1S/C16H22N2OS/c1-4-9-17-16(14-10-20-11-18-14)13-7-5-6-8-15(13)19-12(2)3/h5-8,10-12,16-17H,4,9H2,1-3H3. The largest absolute Gasteiger partial charge is 0.491 e. The van der Waals surface area contributed by atoms with Gasteiger partial charge >= 0.3 is 0 Å². The number of hydrogen-bond donors (Lipinski definition) is 1. The van der Waals surface area contributed by atoms with E-state index in [1.54, 1.807) is 11.3 Å². The minimum Gasteiger partial charge on any atom is -0.491 e. The Balaban J connectivity index is 2.33. The highest BCUT2D eigenvalue weighted by Gasteiger charge is 2.19. The van der Waals surface area contributed by atoms with Gasteiger partial charge < -0.3 is 10.1 Å². The van der Waals surface area contributed by atoms with E-state index in [9.17, 15) is 0 Å². The number of thiazole rings is 1. The summed E-state index contributed by atoms with van der Waals surface area (Å²) in [4.78, 5) is 4.47. The van der Waals surface area contributed by atoms with Crippen LogP contribution in [0.5, 0.6) is 5.75 Å². The summed E-state index contributed by atoms with van der Waals surface area (Å²) in [5.41, 5.74) is 4.09. The lowest BCUT2D eigenvalue weighted by molar-refractivity contribution is 0.238. The minimum absolute atomic E-state index is 0.0937. The van der Waals surface area contributed by atoms with Crippen molar-refractivity contribution in [2.24, 2.45) is 0 Å². The molecule has 1 unspecified atom stereocenters. The summed E-state index contributed by atoms with van der Waals surface area (Å²) in [7, 11) is 0. The maximum absolute atomic E-state index is 5.94. The summed E-state index contributed by atoms with van der Waals surface area (Å²) in [5, 5.41) is 5.66. The molecule has 0 aliphatic rings. The van der Waals surface area contributed by atoms with E-state index in [2.05, 4.69) is 34.7 Å². The van der Waals surface area contributed by atoms with Crippen molar-refractivity contribution in [3.05, 3.63) is 46.4 Å². The molecule has 2 aromatic rings. The Morgan fingerprint density at radius 2 is 2.10 bits per heavy atom. The minimum atomic E-state index is 0.0937. The molecular weight excluding hydrogens is 268 g/mol. The highest BCUT2D eigenvalue weighted by Crippen LogP contribution is 2.30. The topological polar surface area (TPSA) is 34.2 Å². The number of nitrogens with one attached hydrogen (secondary N) is 1. The van der Waals surface area contributed by atoms with Gasteiger partial charge in [-0.25, -0.2) is 4.98 Å². The van der Waals surface area contributed by atoms with Crippen molar-refractivity contribution in [2.45, 2.75) is 39.3 Å². The van der Waals surface area contributed by atoms with E-state index in [0.717, 1.165) is 30.0 Å². The molecule has 4 heteroatoms. The van der Waals surface area contributed by atoms with Crippen LogP contribution in [0.3, 0.4) is 0 Å². The second-order valence-corrected chi connectivity index (χ2v) is 5.72. The van der Waals surface area contributed by atoms with Crippen LogP contribution in [0.4, 0.5) is 0 Å². The molecule has 1 aromatic heterocycles. The second kappa shape index (κ2) is 7.41. The summed E-state index contributed by atoms with van der Waals surface area (Å²) in [5.74, 6) is 0.934. The molecule has 3 nitrogen and oxygen atoms in total. The van der Waals surface area contributed by atoms with Gasteiger partial charge in [0.05, 0.1) is 23.4 Å². The van der Waals surface area contributed by atoms with Gasteiger partial charge in [-0.1, -0.05) is 25.1 Å². The normalized spacial score (nSPS) is 12.6. The second-order valence-electron chi connectivity index (χ2n) is 5.00. The predicted molar refractivity (Wildman–Crippen MR) is 84.5 cm³/mol. The van der Waals surface area contributed by atoms with Crippen LogP contribution in [0.25, 0.3) is 0 Å². The summed E-state index contributed by atoms with van der Waals surface area (Å²) in [6.45, 7) is 7.22. The van der Waals surface area contributed by atoms with Gasteiger partial charge in [0.25, 0.3) is 0 Å². The van der Waals surface area contributed by atoms with Crippen molar-refractivity contribution >= 4 is 11.3 Å². The number of benzene rings is 1. The van der Waals surface area contributed by atoms with Crippen molar-refractivity contribution in [1.29, 1.82) is 0 Å². The molecule has 1 heterocycles. The third-order valence-electron chi connectivity index (χ3n) is 2.94. The van der Waals surface area contributed by atoms with E-state index >= 15 is 0 Å². The molecule has 0 aliphatic heterocycles. The Kier molecular flexibility index (Phi) is 5.56. The Labute approximate surface area is 125 Å². The monoisotopic (exact) mass is 290 g/mol. The van der Waals surface area contributed by atoms with E-state index in [-0.39, 0.29) is 12.1 Å². The number of nitrogens with zero attached hydrogens (tertiary/aromatic N) is 1. The Morgan fingerprint density at radius 3 is 2.75 bits per heavy atom. The van der Waals surface area contributed by atoms with Crippen LogP contribution in [-0.2, 0) is 0 Å². The van der Waals surface area contributed by atoms with E-state index in [1.165, 1.54) is 0 Å². The quantitative estimate of drug-likeness (QED) is 0.836. The Hall–Kier alpha value is -1.39. The molecular formula is C16H22N2OS. The molecule has 1 atom stereocenters. The van der Waals surface area contributed by atoms with Crippen LogP contribution < -0.4 is 10.1 Å². The van der Waals surface area contributed by atoms with Gasteiger partial charge in [-0.2, -0.15) is 0 Å². The van der Waals surface area contributed by atoms with Crippen molar-refractivity contribution in [3.63, 3.8) is 0 Å². The van der Waals surface area contributed by atoms with Crippen molar-refractivity contribution in [3.8, 4) is 5.75 Å². The first kappa shape index (κ1) is 15.0. The number of rotatable bonds is 7. The fourth-order valence-electron chi connectivity index (χ4n) is 2.11.